The number of alkyl carbamates (subject to hydrolysis) is 1. The van der Waals surface area contributed by atoms with Crippen LogP contribution >= 0.6 is 0 Å². The lowest BCUT2D eigenvalue weighted by Crippen LogP contribution is -2.24. The number of nitrogens with one attached hydrogen (secondary N) is 1. The molecule has 0 atom stereocenters. The molecule has 0 saturated carbocycles. The zero-order valence-corrected chi connectivity index (χ0v) is 11.8. The zero-order valence-electron chi connectivity index (χ0n) is 11.8. The second-order valence-electron chi connectivity index (χ2n) is 4.51. The minimum Gasteiger partial charge on any atom is -0.454 e. The Morgan fingerprint density at radius 3 is 2.86 bits per heavy atom. The minimum atomic E-state index is -0.470. The molecular formula is C14H15N3O4. The van der Waals surface area contributed by atoms with E-state index < -0.39 is 6.09 Å². The molecule has 1 aliphatic rings. The van der Waals surface area contributed by atoms with Crippen molar-refractivity contribution in [2.24, 2.45) is 0 Å². The summed E-state index contributed by atoms with van der Waals surface area (Å²) in [5, 5.41) is 3.48. The number of fused-ring (bicyclic) bond motifs is 2. The van der Waals surface area contributed by atoms with Crippen molar-refractivity contribution in [1.29, 1.82) is 0 Å². The van der Waals surface area contributed by atoms with Gasteiger partial charge in [-0.2, -0.15) is 0 Å². The molecule has 1 amide bonds. The molecule has 1 aliphatic heterocycles. The minimum absolute atomic E-state index is 0.203. The second-order valence-corrected chi connectivity index (χ2v) is 4.51. The first kappa shape index (κ1) is 13.4. The van der Waals surface area contributed by atoms with Crippen molar-refractivity contribution in [1.82, 2.24) is 15.3 Å². The smallest absolute Gasteiger partial charge is 0.407 e. The summed E-state index contributed by atoms with van der Waals surface area (Å²) in [6.07, 6.45) is -0.470. The lowest BCUT2D eigenvalue weighted by atomic mass is 10.1. The first-order valence-electron chi connectivity index (χ1n) is 6.65. The molecule has 2 heterocycles. The van der Waals surface area contributed by atoms with Crippen molar-refractivity contribution in [2.45, 2.75) is 20.4 Å². The van der Waals surface area contributed by atoms with Gasteiger partial charge in [0, 0.05) is 11.5 Å². The maximum absolute atomic E-state index is 11.4. The number of hydrogen-bond acceptors (Lipinski definition) is 6. The first-order chi connectivity index (χ1) is 10.2. The molecular weight excluding hydrogens is 274 g/mol. The van der Waals surface area contributed by atoms with E-state index in [2.05, 4.69) is 15.3 Å². The van der Waals surface area contributed by atoms with Crippen LogP contribution < -0.4 is 14.8 Å². The number of rotatable bonds is 3. The van der Waals surface area contributed by atoms with E-state index in [0.29, 0.717) is 29.6 Å². The van der Waals surface area contributed by atoms with Gasteiger partial charge in [0.2, 0.25) is 6.79 Å². The van der Waals surface area contributed by atoms with E-state index in [1.54, 1.807) is 13.8 Å². The van der Waals surface area contributed by atoms with Crippen molar-refractivity contribution in [3.8, 4) is 11.5 Å². The van der Waals surface area contributed by atoms with Crippen LogP contribution in [0.15, 0.2) is 12.1 Å². The monoisotopic (exact) mass is 289 g/mol. The van der Waals surface area contributed by atoms with Crippen molar-refractivity contribution in [3.05, 3.63) is 23.7 Å². The van der Waals surface area contributed by atoms with Crippen LogP contribution in [0.25, 0.3) is 10.9 Å². The standard InChI is InChI=1S/C14H15N3O4/c1-3-19-14(18)15-6-11-9-4-12-13(21-7-20-12)5-10(9)16-8(2)17-11/h4-5H,3,6-7H2,1-2H3,(H,15,18). The van der Waals surface area contributed by atoms with E-state index in [0.717, 1.165) is 10.9 Å². The third kappa shape index (κ3) is 2.67. The molecule has 3 rings (SSSR count). The van der Waals surface area contributed by atoms with Gasteiger partial charge in [0.05, 0.1) is 24.4 Å². The van der Waals surface area contributed by atoms with Gasteiger partial charge in [0.25, 0.3) is 0 Å². The Morgan fingerprint density at radius 1 is 1.33 bits per heavy atom. The third-order valence-electron chi connectivity index (χ3n) is 3.06. The van der Waals surface area contributed by atoms with E-state index in [-0.39, 0.29) is 13.3 Å². The van der Waals surface area contributed by atoms with Crippen LogP contribution in [0.4, 0.5) is 4.79 Å². The van der Waals surface area contributed by atoms with Crippen LogP contribution in [0, 0.1) is 6.92 Å². The highest BCUT2D eigenvalue weighted by Crippen LogP contribution is 2.36. The summed E-state index contributed by atoms with van der Waals surface area (Å²) >= 11 is 0. The molecule has 0 aliphatic carbocycles. The number of hydrogen-bond donors (Lipinski definition) is 1. The average Bonchev–Trinajstić information content (AvgIpc) is 2.90. The first-order valence-corrected chi connectivity index (χ1v) is 6.65. The summed E-state index contributed by atoms with van der Waals surface area (Å²) < 4.78 is 15.6. The zero-order chi connectivity index (χ0) is 14.8. The van der Waals surface area contributed by atoms with Gasteiger partial charge in [-0.15, -0.1) is 0 Å². The van der Waals surface area contributed by atoms with Crippen LogP contribution in [-0.4, -0.2) is 29.5 Å². The molecule has 7 heteroatoms. The molecule has 7 nitrogen and oxygen atoms in total. The van der Waals surface area contributed by atoms with Gasteiger partial charge in [-0.05, 0) is 19.9 Å². The molecule has 0 unspecified atom stereocenters. The Bertz CT molecular complexity index is 702. The molecule has 1 N–H and O–H groups in total. The number of amides is 1. The maximum atomic E-state index is 11.4. The third-order valence-corrected chi connectivity index (χ3v) is 3.06. The highest BCUT2D eigenvalue weighted by molar-refractivity contribution is 5.85. The van der Waals surface area contributed by atoms with Gasteiger partial charge in [-0.1, -0.05) is 0 Å². The van der Waals surface area contributed by atoms with E-state index in [4.69, 9.17) is 14.2 Å². The molecule has 1 aromatic heterocycles. The van der Waals surface area contributed by atoms with Gasteiger partial charge in [0.1, 0.15) is 5.82 Å². The second kappa shape index (κ2) is 5.43. The van der Waals surface area contributed by atoms with Crippen LogP contribution in [-0.2, 0) is 11.3 Å². The van der Waals surface area contributed by atoms with Crippen LogP contribution in [0.1, 0.15) is 18.4 Å². The SMILES string of the molecule is CCOC(=O)NCc1nc(C)nc2cc3c(cc12)OCO3. The topological polar surface area (TPSA) is 82.6 Å². The predicted molar refractivity (Wildman–Crippen MR) is 74.3 cm³/mol. The Morgan fingerprint density at radius 2 is 2.10 bits per heavy atom. The average molecular weight is 289 g/mol. The fraction of sp³-hybridized carbons (Fsp3) is 0.357. The Labute approximate surface area is 121 Å². The highest BCUT2D eigenvalue weighted by atomic mass is 16.7. The molecule has 0 saturated heterocycles. The van der Waals surface area contributed by atoms with Gasteiger partial charge < -0.3 is 19.5 Å². The molecule has 1 aromatic carbocycles. The molecule has 110 valence electrons. The number of carbonyl (C=O) groups is 1. The van der Waals surface area contributed by atoms with Crippen LogP contribution in [0.2, 0.25) is 0 Å². The normalized spacial score (nSPS) is 12.5. The highest BCUT2D eigenvalue weighted by Gasteiger charge is 2.17. The van der Waals surface area contributed by atoms with Crippen molar-refractivity contribution < 1.29 is 19.0 Å². The fourth-order valence-electron chi connectivity index (χ4n) is 2.18. The Balaban J connectivity index is 1.95. The van der Waals surface area contributed by atoms with Gasteiger partial charge in [0.15, 0.2) is 11.5 Å². The van der Waals surface area contributed by atoms with Gasteiger partial charge in [-0.25, -0.2) is 14.8 Å². The molecule has 21 heavy (non-hydrogen) atoms. The van der Waals surface area contributed by atoms with Crippen LogP contribution in [0.3, 0.4) is 0 Å². The predicted octanol–water partition coefficient (Wildman–Crippen LogP) is 1.91. The summed E-state index contributed by atoms with van der Waals surface area (Å²) in [6, 6.07) is 3.65. The maximum Gasteiger partial charge on any atom is 0.407 e. The lowest BCUT2D eigenvalue weighted by Gasteiger charge is -2.09. The summed E-state index contributed by atoms with van der Waals surface area (Å²) in [7, 11) is 0. The number of aromatic nitrogens is 2. The molecule has 0 radical (unpaired) electrons. The number of benzene rings is 1. The van der Waals surface area contributed by atoms with Crippen LogP contribution in [0.5, 0.6) is 11.5 Å². The van der Waals surface area contributed by atoms with E-state index in [9.17, 15) is 4.79 Å². The van der Waals surface area contributed by atoms with Crippen molar-refractivity contribution >= 4 is 17.0 Å². The van der Waals surface area contributed by atoms with Gasteiger partial charge >= 0.3 is 6.09 Å². The number of aryl methyl sites for hydroxylation is 1. The largest absolute Gasteiger partial charge is 0.454 e. The Hall–Kier alpha value is -2.57. The quantitative estimate of drug-likeness (QED) is 0.929. The summed E-state index contributed by atoms with van der Waals surface area (Å²) in [6.45, 7) is 4.35. The fourth-order valence-corrected chi connectivity index (χ4v) is 2.18. The number of carbonyl (C=O) groups excluding carboxylic acids is 1. The number of nitrogens with zero attached hydrogens (tertiary/aromatic N) is 2. The lowest BCUT2D eigenvalue weighted by molar-refractivity contribution is 0.151. The number of ether oxygens (including phenoxy) is 3. The van der Waals surface area contributed by atoms with E-state index in [1.807, 2.05) is 12.1 Å². The van der Waals surface area contributed by atoms with Crippen molar-refractivity contribution in [3.63, 3.8) is 0 Å². The van der Waals surface area contributed by atoms with Gasteiger partial charge in [-0.3, -0.25) is 0 Å². The van der Waals surface area contributed by atoms with E-state index in [1.165, 1.54) is 0 Å². The summed E-state index contributed by atoms with van der Waals surface area (Å²) in [4.78, 5) is 20.2. The molecule has 0 bridgehead atoms. The van der Waals surface area contributed by atoms with Crippen molar-refractivity contribution in [2.75, 3.05) is 13.4 Å². The van der Waals surface area contributed by atoms with E-state index >= 15 is 0 Å². The Kier molecular flexibility index (Phi) is 3.47. The summed E-state index contributed by atoms with van der Waals surface area (Å²) in [5.41, 5.74) is 1.47. The molecule has 2 aromatic rings. The molecule has 0 spiro atoms. The molecule has 0 fully saturated rings. The summed E-state index contributed by atoms with van der Waals surface area (Å²) in [5.74, 6) is 1.96.